The van der Waals surface area contributed by atoms with Crippen molar-refractivity contribution in [2.75, 3.05) is 25.6 Å². The molecule has 0 atom stereocenters. The zero-order valence-electron chi connectivity index (χ0n) is 10.1. The van der Waals surface area contributed by atoms with Crippen LogP contribution >= 0.6 is 0 Å². The lowest BCUT2D eigenvalue weighted by Gasteiger charge is -2.05. The maximum absolute atomic E-state index is 11.3. The Labute approximate surface area is 101 Å². The van der Waals surface area contributed by atoms with Crippen LogP contribution in [-0.2, 0) is 20.8 Å². The minimum absolute atomic E-state index is 0.0756. The van der Waals surface area contributed by atoms with Gasteiger partial charge in [0.1, 0.15) is 19.0 Å². The van der Waals surface area contributed by atoms with Crippen molar-refractivity contribution in [3.05, 3.63) is 12.3 Å². The van der Waals surface area contributed by atoms with Crippen molar-refractivity contribution in [2.45, 2.75) is 26.3 Å². The summed E-state index contributed by atoms with van der Waals surface area (Å²) in [5.74, 6) is 0.0490. The van der Waals surface area contributed by atoms with Crippen LogP contribution in [0.25, 0.3) is 0 Å². The molecule has 0 saturated carbocycles. The summed E-state index contributed by atoms with van der Waals surface area (Å²) >= 11 is 0. The van der Waals surface area contributed by atoms with E-state index in [1.807, 2.05) is 0 Å². The first-order valence-corrected chi connectivity index (χ1v) is 5.74. The van der Waals surface area contributed by atoms with Gasteiger partial charge in [0.15, 0.2) is 0 Å². The van der Waals surface area contributed by atoms with E-state index >= 15 is 0 Å². The van der Waals surface area contributed by atoms with Crippen LogP contribution in [0.4, 0.5) is 5.82 Å². The number of hydrogen-bond acceptors (Lipinski definition) is 5. The first kappa shape index (κ1) is 13.5. The van der Waals surface area contributed by atoms with E-state index in [-0.39, 0.29) is 19.1 Å². The van der Waals surface area contributed by atoms with Gasteiger partial charge in [-0.25, -0.2) is 0 Å². The van der Waals surface area contributed by atoms with Gasteiger partial charge in [0.25, 0.3) is 0 Å². The Morgan fingerprint density at radius 2 is 2.29 bits per heavy atom. The highest BCUT2D eigenvalue weighted by Crippen LogP contribution is 1.96. The molecule has 2 N–H and O–H groups in total. The van der Waals surface area contributed by atoms with Crippen LogP contribution in [-0.4, -0.2) is 35.6 Å². The highest BCUT2D eigenvalue weighted by atomic mass is 16.6. The zero-order chi connectivity index (χ0) is 12.5. The number of rotatable bonds is 8. The Bertz CT molecular complexity index is 338. The van der Waals surface area contributed by atoms with E-state index in [0.29, 0.717) is 19.0 Å². The molecule has 1 rings (SSSR count). The summed E-state index contributed by atoms with van der Waals surface area (Å²) < 4.78 is 11.7. The zero-order valence-corrected chi connectivity index (χ0v) is 10.1. The normalized spacial score (nSPS) is 10.4. The smallest absolute Gasteiger partial charge is 0.327 e. The second kappa shape index (κ2) is 7.67. The molecule has 1 aromatic heterocycles. The van der Waals surface area contributed by atoms with E-state index in [9.17, 15) is 4.79 Å². The van der Waals surface area contributed by atoms with Gasteiger partial charge in [-0.2, -0.15) is 5.10 Å². The Balaban J connectivity index is 2.05. The largest absolute Gasteiger partial charge is 0.462 e. The minimum atomic E-state index is -0.341. The van der Waals surface area contributed by atoms with Crippen LogP contribution in [0, 0.1) is 0 Å². The third-order valence-corrected chi connectivity index (χ3v) is 2.09. The standard InChI is InChI=1S/C11H19N3O3/c1-2-3-6-16-7-8-17-11(15)9-14-5-4-10(12)13-14/h4-5H,2-3,6-9H2,1H3,(H2,12,13). The quantitative estimate of drug-likeness (QED) is 0.538. The van der Waals surface area contributed by atoms with Crippen molar-refractivity contribution >= 4 is 11.8 Å². The van der Waals surface area contributed by atoms with Crippen molar-refractivity contribution in [1.82, 2.24) is 9.78 Å². The first-order chi connectivity index (χ1) is 8.22. The molecule has 0 saturated heterocycles. The number of nitrogens with zero attached hydrogens (tertiary/aromatic N) is 2. The second-order valence-corrected chi connectivity index (χ2v) is 3.62. The van der Waals surface area contributed by atoms with Gasteiger partial charge in [0.2, 0.25) is 0 Å². The average Bonchev–Trinajstić information content (AvgIpc) is 2.69. The molecule has 0 bridgehead atoms. The lowest BCUT2D eigenvalue weighted by Crippen LogP contribution is -2.17. The monoisotopic (exact) mass is 241 g/mol. The number of hydrogen-bond donors (Lipinski definition) is 1. The van der Waals surface area contributed by atoms with E-state index in [1.54, 1.807) is 12.3 Å². The SMILES string of the molecule is CCCCOCCOC(=O)Cn1ccc(N)n1. The Hall–Kier alpha value is -1.56. The summed E-state index contributed by atoms with van der Waals surface area (Å²) in [6.45, 7) is 3.60. The molecule has 6 nitrogen and oxygen atoms in total. The van der Waals surface area contributed by atoms with E-state index in [2.05, 4.69) is 12.0 Å². The summed E-state index contributed by atoms with van der Waals surface area (Å²) in [6.07, 6.45) is 3.76. The van der Waals surface area contributed by atoms with Gasteiger partial charge >= 0.3 is 5.97 Å². The molecule has 0 aliphatic heterocycles. The second-order valence-electron chi connectivity index (χ2n) is 3.62. The maximum atomic E-state index is 11.3. The van der Waals surface area contributed by atoms with Crippen molar-refractivity contribution in [1.29, 1.82) is 0 Å². The third-order valence-electron chi connectivity index (χ3n) is 2.09. The van der Waals surface area contributed by atoms with Crippen molar-refractivity contribution in [3.8, 4) is 0 Å². The molecule has 0 unspecified atom stereocenters. The molecular weight excluding hydrogens is 222 g/mol. The van der Waals surface area contributed by atoms with Gasteiger partial charge < -0.3 is 15.2 Å². The van der Waals surface area contributed by atoms with Crippen molar-refractivity contribution < 1.29 is 14.3 Å². The number of anilines is 1. The molecule has 1 heterocycles. The van der Waals surface area contributed by atoms with E-state index in [0.717, 1.165) is 12.8 Å². The molecule has 0 radical (unpaired) electrons. The highest BCUT2D eigenvalue weighted by Gasteiger charge is 2.04. The van der Waals surface area contributed by atoms with Crippen LogP contribution in [0.1, 0.15) is 19.8 Å². The number of unbranched alkanes of at least 4 members (excludes halogenated alkanes) is 1. The molecule has 0 spiro atoms. The van der Waals surface area contributed by atoms with E-state index < -0.39 is 0 Å². The van der Waals surface area contributed by atoms with Crippen molar-refractivity contribution in [3.63, 3.8) is 0 Å². The fourth-order valence-corrected chi connectivity index (χ4v) is 1.21. The van der Waals surface area contributed by atoms with E-state index in [1.165, 1.54) is 4.68 Å². The molecule has 6 heteroatoms. The van der Waals surface area contributed by atoms with Crippen molar-refractivity contribution in [2.24, 2.45) is 0 Å². The summed E-state index contributed by atoms with van der Waals surface area (Å²) in [5, 5.41) is 3.88. The molecule has 0 fully saturated rings. The number of carbonyl (C=O) groups excluding carboxylic acids is 1. The van der Waals surface area contributed by atoms with Crippen LogP contribution in [0.5, 0.6) is 0 Å². The molecule has 0 aliphatic rings. The van der Waals surface area contributed by atoms with Gasteiger partial charge in [0, 0.05) is 12.8 Å². The third kappa shape index (κ3) is 5.91. The molecule has 0 amide bonds. The predicted octanol–water partition coefficient (Wildman–Crippen LogP) is 0.825. The topological polar surface area (TPSA) is 79.4 Å². The summed E-state index contributed by atoms with van der Waals surface area (Å²) in [5.41, 5.74) is 5.42. The summed E-state index contributed by atoms with van der Waals surface area (Å²) in [7, 11) is 0. The maximum Gasteiger partial charge on any atom is 0.327 e. The molecular formula is C11H19N3O3. The molecule has 1 aromatic rings. The van der Waals surface area contributed by atoms with Gasteiger partial charge in [0.05, 0.1) is 6.61 Å². The Kier molecular flexibility index (Phi) is 6.09. The lowest BCUT2D eigenvalue weighted by atomic mass is 10.4. The molecule has 96 valence electrons. The number of aromatic nitrogens is 2. The van der Waals surface area contributed by atoms with Crippen LogP contribution in [0.2, 0.25) is 0 Å². The number of nitrogens with two attached hydrogens (primary N) is 1. The number of ether oxygens (including phenoxy) is 2. The summed E-state index contributed by atoms with van der Waals surface area (Å²) in [4.78, 5) is 11.3. The lowest BCUT2D eigenvalue weighted by molar-refractivity contribution is -0.146. The van der Waals surface area contributed by atoms with Crippen LogP contribution in [0.15, 0.2) is 12.3 Å². The fraction of sp³-hybridized carbons (Fsp3) is 0.636. The average molecular weight is 241 g/mol. The van der Waals surface area contributed by atoms with Crippen LogP contribution in [0.3, 0.4) is 0 Å². The van der Waals surface area contributed by atoms with E-state index in [4.69, 9.17) is 15.2 Å². The van der Waals surface area contributed by atoms with Gasteiger partial charge in [-0.15, -0.1) is 0 Å². The summed E-state index contributed by atoms with van der Waals surface area (Å²) in [6, 6.07) is 1.63. The first-order valence-electron chi connectivity index (χ1n) is 5.74. The molecule has 0 aromatic carbocycles. The van der Waals surface area contributed by atoms with Crippen LogP contribution < -0.4 is 5.73 Å². The minimum Gasteiger partial charge on any atom is -0.462 e. The predicted molar refractivity (Wildman–Crippen MR) is 63.3 cm³/mol. The van der Waals surface area contributed by atoms with Gasteiger partial charge in [-0.05, 0) is 12.5 Å². The fourth-order valence-electron chi connectivity index (χ4n) is 1.21. The highest BCUT2D eigenvalue weighted by molar-refractivity contribution is 5.69. The Morgan fingerprint density at radius 3 is 2.94 bits per heavy atom. The number of carbonyl (C=O) groups is 1. The van der Waals surface area contributed by atoms with Gasteiger partial charge in [-0.1, -0.05) is 13.3 Å². The molecule has 17 heavy (non-hydrogen) atoms. The Morgan fingerprint density at radius 1 is 1.47 bits per heavy atom. The molecule has 0 aliphatic carbocycles. The van der Waals surface area contributed by atoms with Gasteiger partial charge in [-0.3, -0.25) is 9.48 Å². The number of nitrogen functional groups attached to an aromatic ring is 1. The number of esters is 1.